The van der Waals surface area contributed by atoms with E-state index < -0.39 is 30.1 Å². The van der Waals surface area contributed by atoms with Gasteiger partial charge in [-0.2, -0.15) is 0 Å². The number of hydrogen-bond donors (Lipinski definition) is 2. The molecule has 0 aromatic rings. The van der Waals surface area contributed by atoms with Crippen LogP contribution < -0.4 is 5.32 Å². The van der Waals surface area contributed by atoms with Crippen molar-refractivity contribution in [2.24, 2.45) is 0 Å². The number of carbonyl (C=O) groups excluding carboxylic acids is 2. The molecule has 0 saturated carbocycles. The highest BCUT2D eigenvalue weighted by molar-refractivity contribution is 5.80. The molecule has 6 nitrogen and oxygen atoms in total. The van der Waals surface area contributed by atoms with Gasteiger partial charge in [0.05, 0.1) is 19.3 Å². The Morgan fingerprint density at radius 2 is 1.53 bits per heavy atom. The summed E-state index contributed by atoms with van der Waals surface area (Å²) < 4.78 is 9.71. The number of nitrogens with one attached hydrogen (secondary N) is 1. The van der Waals surface area contributed by atoms with Crippen molar-refractivity contribution >= 4 is 11.9 Å². The summed E-state index contributed by atoms with van der Waals surface area (Å²) in [6, 6.07) is -1.29. The summed E-state index contributed by atoms with van der Waals surface area (Å²) in [5.74, 6) is -0.888. The number of hydrogen-bond acceptors (Lipinski definition) is 6. The number of aliphatic hydroxyl groups excluding tert-OH is 1. The fourth-order valence-electron chi connectivity index (χ4n) is 1.83. The highest BCUT2D eigenvalue weighted by Gasteiger charge is 2.36. The van der Waals surface area contributed by atoms with Gasteiger partial charge in [-0.05, 0) is 26.7 Å². The summed E-state index contributed by atoms with van der Waals surface area (Å²) in [6.45, 7) is 3.97. The van der Waals surface area contributed by atoms with E-state index in [2.05, 4.69) is 5.32 Å². The zero-order valence-corrected chi connectivity index (χ0v) is 10.1. The summed E-state index contributed by atoms with van der Waals surface area (Å²) in [5.41, 5.74) is 0. The van der Waals surface area contributed by atoms with Gasteiger partial charge in [-0.15, -0.1) is 0 Å². The van der Waals surface area contributed by atoms with Gasteiger partial charge < -0.3 is 14.6 Å². The largest absolute Gasteiger partial charge is 0.465 e. The van der Waals surface area contributed by atoms with E-state index >= 15 is 0 Å². The average Bonchev–Trinajstić information content (AvgIpc) is 2.29. The van der Waals surface area contributed by atoms with E-state index in [0.29, 0.717) is 0 Å². The Bertz CT molecular complexity index is 255. The molecule has 0 amide bonds. The molecular formula is C11H19NO5. The summed E-state index contributed by atoms with van der Waals surface area (Å²) in [5, 5.41) is 12.5. The lowest BCUT2D eigenvalue weighted by Gasteiger charge is -2.31. The van der Waals surface area contributed by atoms with Crippen molar-refractivity contribution < 1.29 is 24.2 Å². The van der Waals surface area contributed by atoms with Crippen molar-refractivity contribution in [1.29, 1.82) is 0 Å². The summed E-state index contributed by atoms with van der Waals surface area (Å²) in [4.78, 5) is 23.0. The number of aliphatic hydroxyl groups is 1. The molecule has 0 aromatic heterocycles. The van der Waals surface area contributed by atoms with Crippen LogP contribution in [0.1, 0.15) is 26.7 Å². The highest BCUT2D eigenvalue weighted by atomic mass is 16.5. The van der Waals surface area contributed by atoms with Crippen LogP contribution in [0.4, 0.5) is 0 Å². The Balaban J connectivity index is 2.58. The maximum atomic E-state index is 11.5. The molecule has 2 N–H and O–H groups in total. The number of carbonyl (C=O) groups is 2. The topological polar surface area (TPSA) is 84.9 Å². The molecule has 17 heavy (non-hydrogen) atoms. The number of rotatable bonds is 4. The standard InChI is InChI=1S/C11H19NO5/c1-3-16-10(14)8-5-7(13)6-9(12-8)11(15)17-4-2/h7-9,12-13H,3-6H2,1-2H3. The van der Waals surface area contributed by atoms with Crippen molar-refractivity contribution in [3.05, 3.63) is 0 Å². The van der Waals surface area contributed by atoms with E-state index in [-0.39, 0.29) is 26.1 Å². The molecule has 1 heterocycles. The molecular weight excluding hydrogens is 226 g/mol. The lowest BCUT2D eigenvalue weighted by molar-refractivity contribution is -0.152. The Labute approximate surface area is 100 Å². The lowest BCUT2D eigenvalue weighted by Crippen LogP contribution is -2.55. The van der Waals surface area contributed by atoms with Gasteiger partial charge in [0.15, 0.2) is 0 Å². The van der Waals surface area contributed by atoms with Crippen LogP contribution in [-0.2, 0) is 19.1 Å². The first-order chi connectivity index (χ1) is 8.08. The van der Waals surface area contributed by atoms with Crippen LogP contribution in [0.3, 0.4) is 0 Å². The van der Waals surface area contributed by atoms with Gasteiger partial charge >= 0.3 is 11.9 Å². The van der Waals surface area contributed by atoms with E-state index in [1.165, 1.54) is 0 Å². The first kappa shape index (κ1) is 13.9. The maximum Gasteiger partial charge on any atom is 0.323 e. The predicted molar refractivity (Wildman–Crippen MR) is 59.2 cm³/mol. The zero-order valence-electron chi connectivity index (χ0n) is 10.1. The van der Waals surface area contributed by atoms with Crippen molar-refractivity contribution in [3.8, 4) is 0 Å². The molecule has 1 aliphatic heterocycles. The molecule has 0 radical (unpaired) electrons. The van der Waals surface area contributed by atoms with Crippen molar-refractivity contribution in [3.63, 3.8) is 0 Å². The molecule has 2 atom stereocenters. The minimum absolute atomic E-state index is 0.259. The summed E-state index contributed by atoms with van der Waals surface area (Å²) in [6.07, 6.45) is -0.177. The molecule has 1 aliphatic rings. The van der Waals surface area contributed by atoms with Crippen LogP contribution >= 0.6 is 0 Å². The Morgan fingerprint density at radius 3 is 1.88 bits per heavy atom. The molecule has 0 bridgehead atoms. The van der Waals surface area contributed by atoms with Crippen LogP contribution in [0.15, 0.2) is 0 Å². The first-order valence-electron chi connectivity index (χ1n) is 5.85. The molecule has 0 aliphatic carbocycles. The third kappa shape index (κ3) is 3.98. The van der Waals surface area contributed by atoms with Crippen LogP contribution in [-0.4, -0.2) is 48.4 Å². The van der Waals surface area contributed by atoms with Crippen molar-refractivity contribution in [2.45, 2.75) is 44.9 Å². The molecule has 1 fully saturated rings. The lowest BCUT2D eigenvalue weighted by atomic mass is 9.96. The second-order valence-corrected chi connectivity index (χ2v) is 3.90. The minimum atomic E-state index is -0.694. The fourth-order valence-corrected chi connectivity index (χ4v) is 1.83. The number of esters is 2. The van der Waals surface area contributed by atoms with Crippen LogP contribution in [0.5, 0.6) is 0 Å². The molecule has 1 rings (SSSR count). The molecule has 2 unspecified atom stereocenters. The molecule has 0 aromatic carbocycles. The highest BCUT2D eigenvalue weighted by Crippen LogP contribution is 2.15. The molecule has 6 heteroatoms. The van der Waals surface area contributed by atoms with Gasteiger partial charge in [-0.3, -0.25) is 14.9 Å². The van der Waals surface area contributed by atoms with Gasteiger partial charge in [0.2, 0.25) is 0 Å². The zero-order chi connectivity index (χ0) is 12.8. The number of piperidine rings is 1. The average molecular weight is 245 g/mol. The molecule has 98 valence electrons. The molecule has 1 saturated heterocycles. The quantitative estimate of drug-likeness (QED) is 0.655. The van der Waals surface area contributed by atoms with E-state index in [1.54, 1.807) is 13.8 Å². The van der Waals surface area contributed by atoms with Crippen LogP contribution in [0.2, 0.25) is 0 Å². The predicted octanol–water partition coefficient (Wildman–Crippen LogP) is -0.406. The Kier molecular flexibility index (Phi) is 5.37. The van der Waals surface area contributed by atoms with E-state index in [9.17, 15) is 14.7 Å². The second-order valence-electron chi connectivity index (χ2n) is 3.90. The second kappa shape index (κ2) is 6.56. The third-order valence-electron chi connectivity index (χ3n) is 2.56. The maximum absolute atomic E-state index is 11.5. The van der Waals surface area contributed by atoms with Gasteiger partial charge in [-0.1, -0.05) is 0 Å². The van der Waals surface area contributed by atoms with Gasteiger partial charge in [0, 0.05) is 0 Å². The van der Waals surface area contributed by atoms with E-state index in [0.717, 1.165) is 0 Å². The summed E-state index contributed by atoms with van der Waals surface area (Å²) in [7, 11) is 0. The third-order valence-corrected chi connectivity index (χ3v) is 2.56. The number of ether oxygens (including phenoxy) is 2. The van der Waals surface area contributed by atoms with Crippen molar-refractivity contribution in [1.82, 2.24) is 5.32 Å². The normalized spacial score (nSPS) is 28.5. The monoisotopic (exact) mass is 245 g/mol. The Morgan fingerprint density at radius 1 is 1.12 bits per heavy atom. The van der Waals surface area contributed by atoms with Gasteiger partial charge in [-0.25, -0.2) is 0 Å². The fraction of sp³-hybridized carbons (Fsp3) is 0.818. The van der Waals surface area contributed by atoms with Gasteiger partial charge in [0.25, 0.3) is 0 Å². The van der Waals surface area contributed by atoms with Crippen LogP contribution in [0, 0.1) is 0 Å². The summed E-state index contributed by atoms with van der Waals surface area (Å²) >= 11 is 0. The van der Waals surface area contributed by atoms with Gasteiger partial charge in [0.1, 0.15) is 12.1 Å². The van der Waals surface area contributed by atoms with Crippen molar-refractivity contribution in [2.75, 3.05) is 13.2 Å². The smallest absolute Gasteiger partial charge is 0.323 e. The van der Waals surface area contributed by atoms with E-state index in [1.807, 2.05) is 0 Å². The van der Waals surface area contributed by atoms with E-state index in [4.69, 9.17) is 9.47 Å². The SMILES string of the molecule is CCOC(=O)C1CC(O)CC(C(=O)OCC)N1. The molecule has 0 spiro atoms. The minimum Gasteiger partial charge on any atom is -0.465 e. The Hall–Kier alpha value is -1.14. The first-order valence-corrected chi connectivity index (χ1v) is 5.85. The van der Waals surface area contributed by atoms with Crippen LogP contribution in [0.25, 0.3) is 0 Å².